The largest absolute Gasteiger partial charge is 0.480 e. The van der Waals surface area contributed by atoms with Crippen LogP contribution in [0, 0.1) is 0 Å². The van der Waals surface area contributed by atoms with Gasteiger partial charge in [-0.1, -0.05) is 19.4 Å². The number of nitrogens with one attached hydrogen (secondary N) is 2. The summed E-state index contributed by atoms with van der Waals surface area (Å²) in [5.74, 6) is -1.06. The van der Waals surface area contributed by atoms with Crippen LogP contribution in [0.4, 0.5) is 4.79 Å². The Kier molecular flexibility index (Phi) is 5.35. The molecular formula is C13H20N2O3S. The molecule has 1 heterocycles. The van der Waals surface area contributed by atoms with E-state index in [1.165, 1.54) is 13.8 Å². The first-order valence-electron chi connectivity index (χ1n) is 6.22. The summed E-state index contributed by atoms with van der Waals surface area (Å²) in [6, 6.07) is 3.37. The van der Waals surface area contributed by atoms with Gasteiger partial charge < -0.3 is 15.7 Å². The summed E-state index contributed by atoms with van der Waals surface area (Å²) in [6.45, 7) is 4.95. The van der Waals surface area contributed by atoms with Gasteiger partial charge in [-0.05, 0) is 31.7 Å². The zero-order chi connectivity index (χ0) is 14.5. The zero-order valence-electron chi connectivity index (χ0n) is 11.4. The van der Waals surface area contributed by atoms with Crippen molar-refractivity contribution < 1.29 is 14.7 Å². The van der Waals surface area contributed by atoms with Crippen LogP contribution in [0.25, 0.3) is 0 Å². The SMILES string of the molecule is CCCC(NC(=O)NC(C)(C)C(=O)O)c1cccs1. The monoisotopic (exact) mass is 284 g/mol. The number of aliphatic carboxylic acids is 1. The van der Waals surface area contributed by atoms with Crippen LogP contribution in [0.15, 0.2) is 17.5 Å². The molecule has 0 aliphatic rings. The molecule has 1 unspecified atom stereocenters. The molecule has 1 aromatic heterocycles. The van der Waals surface area contributed by atoms with E-state index in [1.807, 2.05) is 24.4 Å². The third kappa shape index (κ3) is 4.55. The van der Waals surface area contributed by atoms with E-state index in [2.05, 4.69) is 10.6 Å². The van der Waals surface area contributed by atoms with Gasteiger partial charge >= 0.3 is 12.0 Å². The summed E-state index contributed by atoms with van der Waals surface area (Å²) in [4.78, 5) is 23.9. The minimum atomic E-state index is -1.28. The Morgan fingerprint density at radius 3 is 2.63 bits per heavy atom. The Morgan fingerprint density at radius 2 is 2.16 bits per heavy atom. The molecule has 6 heteroatoms. The molecule has 1 rings (SSSR count). The van der Waals surface area contributed by atoms with Crippen molar-refractivity contribution in [1.29, 1.82) is 0 Å². The van der Waals surface area contributed by atoms with Gasteiger partial charge in [0.25, 0.3) is 0 Å². The summed E-state index contributed by atoms with van der Waals surface area (Å²) in [5, 5.41) is 16.2. The highest BCUT2D eigenvalue weighted by atomic mass is 32.1. The molecule has 0 radical (unpaired) electrons. The number of carbonyl (C=O) groups is 2. The lowest BCUT2D eigenvalue weighted by molar-refractivity contribution is -0.142. The summed E-state index contributed by atoms with van der Waals surface area (Å²) in [7, 11) is 0. The van der Waals surface area contributed by atoms with Crippen molar-refractivity contribution >= 4 is 23.3 Å². The van der Waals surface area contributed by atoms with Crippen molar-refractivity contribution in [2.75, 3.05) is 0 Å². The van der Waals surface area contributed by atoms with Gasteiger partial charge in [0.2, 0.25) is 0 Å². The molecule has 0 aliphatic heterocycles. The quantitative estimate of drug-likeness (QED) is 0.751. The highest BCUT2D eigenvalue weighted by molar-refractivity contribution is 7.10. The number of thiophene rings is 1. The number of carboxylic acids is 1. The molecule has 0 spiro atoms. The summed E-state index contributed by atoms with van der Waals surface area (Å²) in [5.41, 5.74) is -1.28. The standard InChI is InChI=1S/C13H20N2O3S/c1-4-6-9(10-7-5-8-19-10)14-12(18)15-13(2,3)11(16)17/h5,7-9H,4,6H2,1-3H3,(H,16,17)(H2,14,15,18). The number of hydrogen-bond acceptors (Lipinski definition) is 3. The van der Waals surface area contributed by atoms with Crippen LogP contribution in [0.5, 0.6) is 0 Å². The fourth-order valence-corrected chi connectivity index (χ4v) is 2.41. The zero-order valence-corrected chi connectivity index (χ0v) is 12.2. The normalized spacial score (nSPS) is 12.8. The molecule has 1 atom stereocenters. The first-order valence-corrected chi connectivity index (χ1v) is 7.10. The highest BCUT2D eigenvalue weighted by Gasteiger charge is 2.29. The Hall–Kier alpha value is -1.56. The molecular weight excluding hydrogens is 264 g/mol. The smallest absolute Gasteiger partial charge is 0.328 e. The second-order valence-electron chi connectivity index (χ2n) is 4.89. The van der Waals surface area contributed by atoms with Crippen LogP contribution in [0.2, 0.25) is 0 Å². The molecule has 0 fully saturated rings. The average molecular weight is 284 g/mol. The Morgan fingerprint density at radius 1 is 1.47 bits per heavy atom. The van der Waals surface area contributed by atoms with Crippen molar-refractivity contribution in [1.82, 2.24) is 10.6 Å². The Bertz CT molecular complexity index is 429. The van der Waals surface area contributed by atoms with E-state index in [0.29, 0.717) is 0 Å². The van der Waals surface area contributed by atoms with Gasteiger partial charge in [0, 0.05) is 4.88 Å². The Labute approximate surface area is 117 Å². The summed E-state index contributed by atoms with van der Waals surface area (Å²) in [6.07, 6.45) is 1.76. The highest BCUT2D eigenvalue weighted by Crippen LogP contribution is 2.23. The molecule has 0 saturated heterocycles. The third-order valence-corrected chi connectivity index (χ3v) is 3.72. The predicted molar refractivity (Wildman–Crippen MR) is 75.4 cm³/mol. The maximum Gasteiger partial charge on any atom is 0.328 e. The van der Waals surface area contributed by atoms with Gasteiger partial charge in [-0.3, -0.25) is 0 Å². The van der Waals surface area contributed by atoms with Crippen LogP contribution in [-0.4, -0.2) is 22.6 Å². The second-order valence-corrected chi connectivity index (χ2v) is 5.86. The van der Waals surface area contributed by atoms with Crippen molar-refractivity contribution in [2.45, 2.75) is 45.2 Å². The maximum absolute atomic E-state index is 11.9. The lowest BCUT2D eigenvalue weighted by Gasteiger charge is -2.24. The molecule has 3 N–H and O–H groups in total. The van der Waals surface area contributed by atoms with Crippen LogP contribution in [0.1, 0.15) is 44.5 Å². The van der Waals surface area contributed by atoms with Crippen LogP contribution in [0.3, 0.4) is 0 Å². The van der Waals surface area contributed by atoms with Crippen molar-refractivity contribution in [3.8, 4) is 0 Å². The predicted octanol–water partition coefficient (Wildman–Crippen LogP) is 2.75. The fraction of sp³-hybridized carbons (Fsp3) is 0.538. The van der Waals surface area contributed by atoms with Gasteiger partial charge in [-0.2, -0.15) is 0 Å². The minimum absolute atomic E-state index is 0.0744. The summed E-state index contributed by atoms with van der Waals surface area (Å²) < 4.78 is 0. The summed E-state index contributed by atoms with van der Waals surface area (Å²) >= 11 is 1.58. The first-order chi connectivity index (χ1) is 8.86. The lowest BCUT2D eigenvalue weighted by Crippen LogP contribution is -2.53. The first kappa shape index (κ1) is 15.5. The minimum Gasteiger partial charge on any atom is -0.480 e. The molecule has 5 nitrogen and oxygen atoms in total. The van der Waals surface area contributed by atoms with Gasteiger partial charge in [0.05, 0.1) is 6.04 Å². The van der Waals surface area contributed by atoms with Crippen molar-refractivity contribution in [3.63, 3.8) is 0 Å². The molecule has 0 bridgehead atoms. The van der Waals surface area contributed by atoms with E-state index in [1.54, 1.807) is 11.3 Å². The van der Waals surface area contributed by atoms with E-state index < -0.39 is 17.5 Å². The van der Waals surface area contributed by atoms with Crippen LogP contribution < -0.4 is 10.6 Å². The second kappa shape index (κ2) is 6.56. The molecule has 19 heavy (non-hydrogen) atoms. The molecule has 0 aromatic carbocycles. The van der Waals surface area contributed by atoms with Crippen molar-refractivity contribution in [2.24, 2.45) is 0 Å². The molecule has 1 aromatic rings. The molecule has 0 saturated carbocycles. The van der Waals surface area contributed by atoms with E-state index in [9.17, 15) is 9.59 Å². The lowest BCUT2D eigenvalue weighted by atomic mass is 10.1. The fourth-order valence-electron chi connectivity index (χ4n) is 1.60. The Balaban J connectivity index is 2.65. The van der Waals surface area contributed by atoms with E-state index in [0.717, 1.165) is 17.7 Å². The number of carboxylic acid groups (broad SMARTS) is 1. The van der Waals surface area contributed by atoms with E-state index in [-0.39, 0.29) is 6.04 Å². The van der Waals surface area contributed by atoms with Gasteiger partial charge in [-0.15, -0.1) is 11.3 Å². The molecule has 2 amide bonds. The topological polar surface area (TPSA) is 78.4 Å². The molecule has 0 aliphatic carbocycles. The average Bonchev–Trinajstić information content (AvgIpc) is 2.80. The number of carbonyl (C=O) groups excluding carboxylic acids is 1. The van der Waals surface area contributed by atoms with Gasteiger partial charge in [-0.25, -0.2) is 9.59 Å². The number of urea groups is 1. The maximum atomic E-state index is 11.9. The van der Waals surface area contributed by atoms with Crippen LogP contribution in [-0.2, 0) is 4.79 Å². The third-order valence-electron chi connectivity index (χ3n) is 2.73. The van der Waals surface area contributed by atoms with Gasteiger partial charge in [0.1, 0.15) is 5.54 Å². The van der Waals surface area contributed by atoms with E-state index in [4.69, 9.17) is 5.11 Å². The van der Waals surface area contributed by atoms with E-state index >= 15 is 0 Å². The van der Waals surface area contributed by atoms with Gasteiger partial charge in [0.15, 0.2) is 0 Å². The number of rotatable bonds is 6. The molecule has 106 valence electrons. The van der Waals surface area contributed by atoms with Crippen LogP contribution >= 0.6 is 11.3 Å². The number of amides is 2. The number of hydrogen-bond donors (Lipinski definition) is 3. The van der Waals surface area contributed by atoms with Crippen molar-refractivity contribution in [3.05, 3.63) is 22.4 Å².